The third-order valence-electron chi connectivity index (χ3n) is 1.85. The third kappa shape index (κ3) is 3.81. The molecule has 0 radical (unpaired) electrons. The fraction of sp³-hybridized carbons (Fsp3) is 0.455. The molecule has 0 saturated heterocycles. The summed E-state index contributed by atoms with van der Waals surface area (Å²) in [5.41, 5.74) is -0.109. The zero-order valence-electron chi connectivity index (χ0n) is 9.57. The second kappa shape index (κ2) is 4.82. The fourth-order valence-corrected chi connectivity index (χ4v) is 1.59. The van der Waals surface area contributed by atoms with Gasteiger partial charge in [-0.15, -0.1) is 0 Å². The molecule has 5 heteroatoms. The largest absolute Gasteiger partial charge is 0.465 e. The van der Waals surface area contributed by atoms with E-state index < -0.39 is 6.09 Å². The van der Waals surface area contributed by atoms with Gasteiger partial charge in [0.1, 0.15) is 5.82 Å². The quantitative estimate of drug-likeness (QED) is 0.907. The molecule has 0 aliphatic carbocycles. The lowest BCUT2D eigenvalue weighted by molar-refractivity contribution is 0.198. The molecule has 0 saturated carbocycles. The summed E-state index contributed by atoms with van der Waals surface area (Å²) in [5, 5.41) is 9.15. The van der Waals surface area contributed by atoms with Crippen molar-refractivity contribution >= 4 is 27.8 Å². The van der Waals surface area contributed by atoms with Gasteiger partial charge in [-0.3, -0.25) is 4.90 Å². The minimum atomic E-state index is -0.986. The topological polar surface area (TPSA) is 53.4 Å². The van der Waals surface area contributed by atoms with Gasteiger partial charge in [0.15, 0.2) is 0 Å². The van der Waals surface area contributed by atoms with Crippen LogP contribution in [-0.4, -0.2) is 22.7 Å². The van der Waals surface area contributed by atoms with Crippen LogP contribution in [0.3, 0.4) is 0 Å². The molecule has 0 bridgehead atoms. The molecule has 0 fully saturated rings. The first-order valence-corrected chi connectivity index (χ1v) is 5.71. The number of anilines is 1. The molecule has 0 spiro atoms. The van der Waals surface area contributed by atoms with Gasteiger partial charge >= 0.3 is 6.09 Å². The van der Waals surface area contributed by atoms with Crippen LogP contribution in [0.1, 0.15) is 20.8 Å². The summed E-state index contributed by atoms with van der Waals surface area (Å²) in [7, 11) is 0. The Kier molecular flexibility index (Phi) is 3.91. The van der Waals surface area contributed by atoms with Gasteiger partial charge < -0.3 is 5.11 Å². The second-order valence-corrected chi connectivity index (χ2v) is 5.68. The lowest BCUT2D eigenvalue weighted by Crippen LogP contribution is -2.37. The maximum atomic E-state index is 11.2. The van der Waals surface area contributed by atoms with Crippen molar-refractivity contribution in [1.82, 2.24) is 4.98 Å². The molecule has 1 aromatic heterocycles. The predicted octanol–water partition coefficient (Wildman–Crippen LogP) is 3.37. The smallest absolute Gasteiger partial charge is 0.413 e. The van der Waals surface area contributed by atoms with Crippen molar-refractivity contribution in [2.24, 2.45) is 5.41 Å². The van der Waals surface area contributed by atoms with Crippen molar-refractivity contribution in [3.63, 3.8) is 0 Å². The van der Waals surface area contributed by atoms with Crippen LogP contribution in [0.4, 0.5) is 10.6 Å². The summed E-state index contributed by atoms with van der Waals surface area (Å²) in [4.78, 5) is 16.5. The minimum absolute atomic E-state index is 0.109. The highest BCUT2D eigenvalue weighted by Crippen LogP contribution is 2.22. The van der Waals surface area contributed by atoms with E-state index in [1.54, 1.807) is 18.3 Å². The monoisotopic (exact) mass is 286 g/mol. The summed E-state index contributed by atoms with van der Waals surface area (Å²) in [6, 6.07) is 3.46. The highest BCUT2D eigenvalue weighted by molar-refractivity contribution is 9.10. The molecule has 88 valence electrons. The lowest BCUT2D eigenvalue weighted by Gasteiger charge is -2.26. The Morgan fingerprint density at radius 3 is 2.62 bits per heavy atom. The first kappa shape index (κ1) is 13.0. The number of halogens is 1. The van der Waals surface area contributed by atoms with Crippen LogP contribution >= 0.6 is 15.9 Å². The molecular formula is C11H15BrN2O2. The van der Waals surface area contributed by atoms with Gasteiger partial charge in [-0.2, -0.15) is 0 Å². The predicted molar refractivity (Wildman–Crippen MR) is 66.8 cm³/mol. The average molecular weight is 287 g/mol. The number of hydrogen-bond donors (Lipinski definition) is 1. The van der Waals surface area contributed by atoms with E-state index in [1.807, 2.05) is 20.8 Å². The van der Waals surface area contributed by atoms with Crippen LogP contribution in [0.5, 0.6) is 0 Å². The van der Waals surface area contributed by atoms with Crippen LogP contribution in [-0.2, 0) is 0 Å². The molecule has 1 rings (SSSR count). The van der Waals surface area contributed by atoms with E-state index in [1.165, 1.54) is 4.90 Å². The van der Waals surface area contributed by atoms with E-state index in [2.05, 4.69) is 20.9 Å². The number of rotatable bonds is 2. The van der Waals surface area contributed by atoms with Gasteiger partial charge in [-0.25, -0.2) is 9.78 Å². The van der Waals surface area contributed by atoms with Crippen molar-refractivity contribution in [1.29, 1.82) is 0 Å². The van der Waals surface area contributed by atoms with E-state index in [4.69, 9.17) is 5.11 Å². The summed E-state index contributed by atoms with van der Waals surface area (Å²) in [6.07, 6.45) is 0.596. The highest BCUT2D eigenvalue weighted by atomic mass is 79.9. The van der Waals surface area contributed by atoms with Crippen LogP contribution < -0.4 is 4.90 Å². The molecule has 4 nitrogen and oxygen atoms in total. The van der Waals surface area contributed by atoms with Gasteiger partial charge in [0.25, 0.3) is 0 Å². The minimum Gasteiger partial charge on any atom is -0.465 e. The maximum Gasteiger partial charge on any atom is 0.413 e. The number of aromatic nitrogens is 1. The molecule has 1 N–H and O–H groups in total. The number of carboxylic acid groups (broad SMARTS) is 1. The number of nitrogens with zero attached hydrogens (tertiary/aromatic N) is 2. The molecule has 1 aromatic rings. The van der Waals surface area contributed by atoms with E-state index in [-0.39, 0.29) is 5.41 Å². The molecule has 0 atom stereocenters. The van der Waals surface area contributed by atoms with E-state index >= 15 is 0 Å². The zero-order chi connectivity index (χ0) is 12.3. The van der Waals surface area contributed by atoms with Crippen LogP contribution in [0, 0.1) is 5.41 Å². The molecule has 0 aliphatic rings. The number of amides is 1. The highest BCUT2D eigenvalue weighted by Gasteiger charge is 2.22. The normalized spacial score (nSPS) is 11.2. The Hall–Kier alpha value is -1.10. The fourth-order valence-electron chi connectivity index (χ4n) is 1.26. The number of hydrogen-bond acceptors (Lipinski definition) is 2. The van der Waals surface area contributed by atoms with E-state index in [0.29, 0.717) is 12.4 Å². The van der Waals surface area contributed by atoms with Gasteiger partial charge in [0.05, 0.1) is 0 Å². The first-order chi connectivity index (χ1) is 7.29. The molecule has 1 amide bonds. The molecule has 0 aliphatic heterocycles. The molecule has 1 heterocycles. The lowest BCUT2D eigenvalue weighted by atomic mass is 9.96. The number of carbonyl (C=O) groups is 1. The third-order valence-corrected chi connectivity index (χ3v) is 2.34. The Bertz CT molecular complexity index is 388. The van der Waals surface area contributed by atoms with Crippen molar-refractivity contribution < 1.29 is 9.90 Å². The standard InChI is InChI=1S/C11H15BrN2O2/c1-11(2,3)7-14(10(15)16)9-6-8(12)4-5-13-9/h4-6H,7H2,1-3H3,(H,15,16). The van der Waals surface area contributed by atoms with Gasteiger partial charge in [0.2, 0.25) is 0 Å². The van der Waals surface area contributed by atoms with E-state index in [0.717, 1.165) is 4.47 Å². The molecule has 0 aromatic carbocycles. The van der Waals surface area contributed by atoms with Crippen LogP contribution in [0.15, 0.2) is 22.8 Å². The first-order valence-electron chi connectivity index (χ1n) is 4.91. The summed E-state index contributed by atoms with van der Waals surface area (Å²) < 4.78 is 0.817. The van der Waals surface area contributed by atoms with Crippen molar-refractivity contribution in [3.05, 3.63) is 22.8 Å². The van der Waals surface area contributed by atoms with Gasteiger partial charge in [-0.1, -0.05) is 36.7 Å². The van der Waals surface area contributed by atoms with Gasteiger partial charge in [0, 0.05) is 17.2 Å². The summed E-state index contributed by atoms with van der Waals surface area (Å²) >= 11 is 3.30. The Balaban J connectivity index is 2.99. The van der Waals surface area contributed by atoms with Gasteiger partial charge in [-0.05, 0) is 17.5 Å². The summed E-state index contributed by atoms with van der Waals surface area (Å²) in [6.45, 7) is 6.37. The Labute approximate surface area is 103 Å². The maximum absolute atomic E-state index is 11.2. The van der Waals surface area contributed by atoms with Crippen LogP contribution in [0.25, 0.3) is 0 Å². The van der Waals surface area contributed by atoms with Crippen molar-refractivity contribution in [2.45, 2.75) is 20.8 Å². The molecular weight excluding hydrogens is 272 g/mol. The number of pyridine rings is 1. The summed E-state index contributed by atoms with van der Waals surface area (Å²) in [5.74, 6) is 0.441. The molecule has 0 unspecified atom stereocenters. The second-order valence-electron chi connectivity index (χ2n) is 4.76. The van der Waals surface area contributed by atoms with Crippen molar-refractivity contribution in [2.75, 3.05) is 11.4 Å². The Morgan fingerprint density at radius 1 is 1.56 bits per heavy atom. The average Bonchev–Trinajstić information content (AvgIpc) is 2.12. The van der Waals surface area contributed by atoms with E-state index in [9.17, 15) is 4.79 Å². The zero-order valence-corrected chi connectivity index (χ0v) is 11.2. The van der Waals surface area contributed by atoms with Crippen molar-refractivity contribution in [3.8, 4) is 0 Å². The van der Waals surface area contributed by atoms with Crippen LogP contribution in [0.2, 0.25) is 0 Å². The Morgan fingerprint density at radius 2 is 2.19 bits per heavy atom. The SMILES string of the molecule is CC(C)(C)CN(C(=O)O)c1cc(Br)ccn1. The molecule has 16 heavy (non-hydrogen) atoms.